The molecule has 1 N–H and O–H groups in total. The highest BCUT2D eigenvalue weighted by Crippen LogP contribution is 2.30. The summed E-state index contributed by atoms with van der Waals surface area (Å²) in [7, 11) is -3.66. The van der Waals surface area contributed by atoms with Gasteiger partial charge in [-0.05, 0) is 38.0 Å². The van der Waals surface area contributed by atoms with Crippen molar-refractivity contribution in [2.75, 3.05) is 0 Å². The number of rotatable bonds is 5. The zero-order valence-corrected chi connectivity index (χ0v) is 16.1. The normalized spacial score (nSPS) is 19.7. The van der Waals surface area contributed by atoms with Gasteiger partial charge in [0.2, 0.25) is 5.91 Å². The molecular formula is C20H20FN3O3S. The van der Waals surface area contributed by atoms with E-state index in [1.807, 2.05) is 0 Å². The van der Waals surface area contributed by atoms with E-state index in [-0.39, 0.29) is 35.0 Å². The van der Waals surface area contributed by atoms with Crippen LogP contribution in [0.5, 0.6) is 0 Å². The van der Waals surface area contributed by atoms with Gasteiger partial charge < -0.3 is 4.90 Å². The molecule has 146 valence electrons. The third-order valence-corrected chi connectivity index (χ3v) is 6.31. The molecule has 0 aromatic heterocycles. The highest BCUT2D eigenvalue weighted by molar-refractivity contribution is 7.90. The summed E-state index contributed by atoms with van der Waals surface area (Å²) in [6.07, 6.45) is 1.75. The molecule has 0 radical (unpaired) electrons. The molecule has 1 saturated carbocycles. The monoisotopic (exact) mass is 401 g/mol. The van der Waals surface area contributed by atoms with Gasteiger partial charge in [0.15, 0.2) is 0 Å². The van der Waals surface area contributed by atoms with Gasteiger partial charge in [0.1, 0.15) is 17.7 Å². The SMILES string of the molecule is CC(N=C1NS(=O)(=O)c2ccccc21)C(=O)N(Cc1ccccc1F)C1CC1. The number of nitrogens with zero attached hydrogens (tertiary/aromatic N) is 2. The number of amides is 1. The largest absolute Gasteiger partial charge is 0.333 e. The van der Waals surface area contributed by atoms with Gasteiger partial charge in [0.25, 0.3) is 10.0 Å². The Labute approximate surface area is 163 Å². The number of hydrogen-bond acceptors (Lipinski definition) is 4. The lowest BCUT2D eigenvalue weighted by Crippen LogP contribution is -2.39. The van der Waals surface area contributed by atoms with Gasteiger partial charge >= 0.3 is 0 Å². The van der Waals surface area contributed by atoms with Crippen LogP contribution in [0, 0.1) is 5.82 Å². The number of nitrogens with one attached hydrogen (secondary N) is 1. The molecule has 1 aliphatic carbocycles. The molecule has 8 heteroatoms. The van der Waals surface area contributed by atoms with Gasteiger partial charge in [-0.3, -0.25) is 14.5 Å². The molecule has 1 atom stereocenters. The zero-order chi connectivity index (χ0) is 19.9. The maximum atomic E-state index is 14.0. The highest BCUT2D eigenvalue weighted by Gasteiger charge is 2.36. The van der Waals surface area contributed by atoms with Gasteiger partial charge in [0, 0.05) is 23.7 Å². The molecular weight excluding hydrogens is 381 g/mol. The first kappa shape index (κ1) is 18.6. The smallest absolute Gasteiger partial charge is 0.263 e. The molecule has 2 aliphatic rings. The number of fused-ring (bicyclic) bond motifs is 1. The van der Waals surface area contributed by atoms with Crippen LogP contribution in [0.1, 0.15) is 30.9 Å². The fraction of sp³-hybridized carbons (Fsp3) is 0.300. The lowest BCUT2D eigenvalue weighted by molar-refractivity contribution is -0.133. The van der Waals surface area contributed by atoms with Gasteiger partial charge in [-0.2, -0.15) is 0 Å². The molecule has 1 amide bonds. The Bertz CT molecular complexity index is 1060. The average Bonchev–Trinajstić information content (AvgIpc) is 3.47. The summed E-state index contributed by atoms with van der Waals surface area (Å²) in [6, 6.07) is 12.2. The van der Waals surface area contributed by atoms with Gasteiger partial charge in [-0.15, -0.1) is 0 Å². The maximum Gasteiger partial charge on any atom is 0.263 e. The molecule has 0 saturated heterocycles. The first-order valence-electron chi connectivity index (χ1n) is 9.11. The third kappa shape index (κ3) is 3.52. The Hall–Kier alpha value is -2.74. The van der Waals surface area contributed by atoms with Crippen LogP contribution in [-0.4, -0.2) is 37.1 Å². The quantitative estimate of drug-likeness (QED) is 0.836. The molecule has 0 spiro atoms. The topological polar surface area (TPSA) is 78.8 Å². The molecule has 2 aromatic rings. The third-order valence-electron chi connectivity index (χ3n) is 4.91. The van der Waals surface area contributed by atoms with E-state index in [1.165, 1.54) is 12.1 Å². The van der Waals surface area contributed by atoms with Crippen molar-refractivity contribution in [1.82, 2.24) is 9.62 Å². The molecule has 2 aromatic carbocycles. The number of carbonyl (C=O) groups excluding carboxylic acids is 1. The summed E-state index contributed by atoms with van der Waals surface area (Å²) in [4.78, 5) is 19.2. The summed E-state index contributed by atoms with van der Waals surface area (Å²) >= 11 is 0. The Morgan fingerprint density at radius 3 is 2.61 bits per heavy atom. The molecule has 0 bridgehead atoms. The second kappa shape index (κ2) is 7.01. The van der Waals surface area contributed by atoms with E-state index >= 15 is 0 Å². The summed E-state index contributed by atoms with van der Waals surface area (Å²) in [5, 5.41) is 0. The number of hydrogen-bond donors (Lipinski definition) is 1. The first-order chi connectivity index (χ1) is 13.4. The van der Waals surface area contributed by atoms with Crippen molar-refractivity contribution in [1.29, 1.82) is 0 Å². The van der Waals surface area contributed by atoms with Crippen molar-refractivity contribution in [2.24, 2.45) is 4.99 Å². The lowest BCUT2D eigenvalue weighted by Gasteiger charge is -2.25. The zero-order valence-electron chi connectivity index (χ0n) is 15.3. The van der Waals surface area contributed by atoms with Crippen LogP contribution >= 0.6 is 0 Å². The van der Waals surface area contributed by atoms with E-state index in [9.17, 15) is 17.6 Å². The second-order valence-corrected chi connectivity index (χ2v) is 8.69. The maximum absolute atomic E-state index is 14.0. The van der Waals surface area contributed by atoms with E-state index in [2.05, 4.69) is 9.71 Å². The van der Waals surface area contributed by atoms with Crippen molar-refractivity contribution < 1.29 is 17.6 Å². The minimum atomic E-state index is -3.66. The summed E-state index contributed by atoms with van der Waals surface area (Å²) in [5.41, 5.74) is 0.906. The van der Waals surface area contributed by atoms with Crippen molar-refractivity contribution in [3.8, 4) is 0 Å². The molecule has 1 unspecified atom stereocenters. The van der Waals surface area contributed by atoms with Crippen molar-refractivity contribution in [3.05, 3.63) is 65.5 Å². The molecule has 4 rings (SSSR count). The van der Waals surface area contributed by atoms with Crippen LogP contribution in [0.4, 0.5) is 4.39 Å². The van der Waals surface area contributed by atoms with Crippen LogP contribution in [0.25, 0.3) is 0 Å². The number of halogens is 1. The van der Waals surface area contributed by atoms with Gasteiger partial charge in [-0.1, -0.05) is 30.3 Å². The number of benzene rings is 2. The molecule has 28 heavy (non-hydrogen) atoms. The first-order valence-corrected chi connectivity index (χ1v) is 10.6. The molecule has 1 fully saturated rings. The van der Waals surface area contributed by atoms with Crippen molar-refractivity contribution >= 4 is 21.8 Å². The Morgan fingerprint density at radius 1 is 1.21 bits per heavy atom. The predicted octanol–water partition coefficient (Wildman–Crippen LogP) is 2.44. The van der Waals surface area contributed by atoms with Crippen LogP contribution in [-0.2, 0) is 21.4 Å². The second-order valence-electron chi connectivity index (χ2n) is 7.04. The number of aliphatic imine (C=N–C) groups is 1. The van der Waals surface area contributed by atoms with Crippen LogP contribution in [0.3, 0.4) is 0 Å². The summed E-state index contributed by atoms with van der Waals surface area (Å²) in [6.45, 7) is 1.80. The summed E-state index contributed by atoms with van der Waals surface area (Å²) < 4.78 is 40.9. The molecule has 1 heterocycles. The van der Waals surface area contributed by atoms with Gasteiger partial charge in [0.05, 0.1) is 4.90 Å². The number of sulfonamides is 1. The fourth-order valence-corrected chi connectivity index (χ4v) is 4.54. The molecule has 6 nitrogen and oxygen atoms in total. The fourth-order valence-electron chi connectivity index (χ4n) is 3.30. The van der Waals surface area contributed by atoms with Crippen LogP contribution in [0.15, 0.2) is 58.4 Å². The van der Waals surface area contributed by atoms with E-state index in [0.29, 0.717) is 11.1 Å². The minimum Gasteiger partial charge on any atom is -0.333 e. The van der Waals surface area contributed by atoms with E-state index in [4.69, 9.17) is 0 Å². The Morgan fingerprint density at radius 2 is 1.89 bits per heavy atom. The summed E-state index contributed by atoms with van der Waals surface area (Å²) in [5.74, 6) is -0.433. The predicted molar refractivity (Wildman–Crippen MR) is 103 cm³/mol. The standard InChI is InChI=1S/C20H20FN3O3S/c1-13(22-19-16-7-3-5-9-18(16)28(26,27)23-19)20(25)24(15-10-11-15)12-14-6-2-4-8-17(14)21/h2-9,13,15H,10-12H2,1H3,(H,22,23). The van der Waals surface area contributed by atoms with E-state index in [0.717, 1.165) is 12.8 Å². The number of carbonyl (C=O) groups is 1. The number of amidine groups is 1. The Kier molecular flexibility index (Phi) is 4.66. The minimum absolute atomic E-state index is 0.0716. The average molecular weight is 401 g/mol. The Balaban J connectivity index is 1.59. The van der Waals surface area contributed by atoms with Crippen molar-refractivity contribution in [3.63, 3.8) is 0 Å². The van der Waals surface area contributed by atoms with Gasteiger partial charge in [-0.25, -0.2) is 12.8 Å². The van der Waals surface area contributed by atoms with Crippen LogP contribution in [0.2, 0.25) is 0 Å². The molecule has 1 aliphatic heterocycles. The van der Waals surface area contributed by atoms with E-state index in [1.54, 1.807) is 48.2 Å². The lowest BCUT2D eigenvalue weighted by atomic mass is 10.1. The van der Waals surface area contributed by atoms with E-state index < -0.39 is 16.1 Å². The van der Waals surface area contributed by atoms with Crippen LogP contribution < -0.4 is 4.72 Å². The van der Waals surface area contributed by atoms with Crippen molar-refractivity contribution in [2.45, 2.75) is 43.3 Å². The highest BCUT2D eigenvalue weighted by atomic mass is 32.2.